The number of aliphatic hydroxyl groups is 1. The second-order valence-electron chi connectivity index (χ2n) is 6.19. The highest BCUT2D eigenvalue weighted by Gasteiger charge is 2.36. The van der Waals surface area contributed by atoms with E-state index in [1.165, 1.54) is 23.7 Å². The van der Waals surface area contributed by atoms with Crippen molar-refractivity contribution in [2.75, 3.05) is 31.4 Å². The molecule has 0 saturated heterocycles. The molecule has 1 heterocycles. The van der Waals surface area contributed by atoms with Crippen LogP contribution < -0.4 is 15.0 Å². The predicted octanol–water partition coefficient (Wildman–Crippen LogP) is 2.68. The third kappa shape index (κ3) is 3.44. The van der Waals surface area contributed by atoms with Gasteiger partial charge < -0.3 is 20.1 Å². The first-order chi connectivity index (χ1) is 11.5. The van der Waals surface area contributed by atoms with E-state index in [-0.39, 0.29) is 23.9 Å². The summed E-state index contributed by atoms with van der Waals surface area (Å²) in [6, 6.07) is 4.29. The zero-order valence-electron chi connectivity index (χ0n) is 13.9. The van der Waals surface area contributed by atoms with Crippen molar-refractivity contribution in [2.45, 2.75) is 25.0 Å². The Bertz CT molecular complexity index is 703. The Morgan fingerprint density at radius 1 is 1.42 bits per heavy atom. The third-order valence-corrected chi connectivity index (χ3v) is 4.88. The van der Waals surface area contributed by atoms with Crippen LogP contribution in [0.4, 0.5) is 15.5 Å². The first kappa shape index (κ1) is 16.9. The van der Waals surface area contributed by atoms with Gasteiger partial charge in [-0.2, -0.15) is 9.36 Å². The van der Waals surface area contributed by atoms with Gasteiger partial charge >= 0.3 is 0 Å². The number of anilines is 2. The number of ether oxygens (including phenoxy) is 1. The van der Waals surface area contributed by atoms with E-state index in [1.54, 1.807) is 13.2 Å². The fraction of sp³-hybridized carbons (Fsp3) is 0.500. The van der Waals surface area contributed by atoms with Gasteiger partial charge in [-0.25, -0.2) is 4.39 Å². The van der Waals surface area contributed by atoms with Crippen molar-refractivity contribution in [3.63, 3.8) is 0 Å². The second-order valence-corrected chi connectivity index (χ2v) is 6.94. The summed E-state index contributed by atoms with van der Waals surface area (Å²) in [5.74, 6) is 1.11. The molecule has 1 aliphatic carbocycles. The number of aromatic nitrogens is 2. The van der Waals surface area contributed by atoms with Crippen molar-refractivity contribution in [3.8, 4) is 5.75 Å². The molecule has 0 spiro atoms. The molecule has 3 rings (SSSR count). The van der Waals surface area contributed by atoms with Crippen LogP contribution in [0.5, 0.6) is 5.75 Å². The summed E-state index contributed by atoms with van der Waals surface area (Å²) in [5.41, 5.74) is 0.732. The largest absolute Gasteiger partial charge is 0.496 e. The minimum Gasteiger partial charge on any atom is -0.496 e. The molecule has 1 aliphatic rings. The fourth-order valence-corrected chi connectivity index (χ4v) is 3.56. The van der Waals surface area contributed by atoms with Crippen LogP contribution >= 0.6 is 11.5 Å². The molecule has 0 amide bonds. The van der Waals surface area contributed by atoms with Crippen LogP contribution in [-0.4, -0.2) is 41.8 Å². The Morgan fingerprint density at radius 3 is 2.75 bits per heavy atom. The predicted molar refractivity (Wildman–Crippen MR) is 92.3 cm³/mol. The molecule has 1 aromatic carbocycles. The van der Waals surface area contributed by atoms with E-state index < -0.39 is 0 Å². The van der Waals surface area contributed by atoms with Crippen molar-refractivity contribution in [1.82, 2.24) is 9.36 Å². The van der Waals surface area contributed by atoms with Gasteiger partial charge in [0.05, 0.1) is 19.3 Å². The van der Waals surface area contributed by atoms with Crippen molar-refractivity contribution in [1.29, 1.82) is 0 Å². The van der Waals surface area contributed by atoms with E-state index in [4.69, 9.17) is 4.74 Å². The lowest BCUT2D eigenvalue weighted by Crippen LogP contribution is -2.36. The quantitative estimate of drug-likeness (QED) is 0.833. The van der Waals surface area contributed by atoms with Gasteiger partial charge in [0.15, 0.2) is 0 Å². The summed E-state index contributed by atoms with van der Waals surface area (Å²) in [5, 5.41) is 13.7. The number of methoxy groups -OCH3 is 1. The van der Waals surface area contributed by atoms with E-state index in [0.29, 0.717) is 29.7 Å². The molecule has 24 heavy (non-hydrogen) atoms. The van der Waals surface area contributed by atoms with Crippen LogP contribution in [0.3, 0.4) is 0 Å². The van der Waals surface area contributed by atoms with Gasteiger partial charge in [-0.1, -0.05) is 0 Å². The molecule has 0 aliphatic heterocycles. The zero-order valence-corrected chi connectivity index (χ0v) is 14.7. The molecule has 1 saturated carbocycles. The molecule has 8 heteroatoms. The lowest BCUT2D eigenvalue weighted by molar-refractivity contribution is 0.0336. The second kappa shape index (κ2) is 6.90. The summed E-state index contributed by atoms with van der Waals surface area (Å²) < 4.78 is 23.5. The molecule has 130 valence electrons. The SMILES string of the molecule is COc1ccc(F)cc1[C@H](Nc1nc(N(C)C)ns1)C1CC(O)C1. The van der Waals surface area contributed by atoms with Gasteiger partial charge in [0.1, 0.15) is 11.6 Å². The van der Waals surface area contributed by atoms with Crippen LogP contribution in [0.15, 0.2) is 18.2 Å². The average molecular weight is 352 g/mol. The first-order valence-corrected chi connectivity index (χ1v) is 8.54. The Kier molecular flexibility index (Phi) is 4.86. The van der Waals surface area contributed by atoms with Gasteiger partial charge in [-0.05, 0) is 37.0 Å². The fourth-order valence-electron chi connectivity index (χ4n) is 2.89. The normalized spacial score (nSPS) is 21.0. The number of nitrogens with zero attached hydrogens (tertiary/aromatic N) is 3. The summed E-state index contributed by atoms with van der Waals surface area (Å²) >= 11 is 1.26. The average Bonchev–Trinajstić information content (AvgIpc) is 2.99. The van der Waals surface area contributed by atoms with Gasteiger partial charge in [0.2, 0.25) is 11.1 Å². The number of aliphatic hydroxyl groups excluding tert-OH is 1. The minimum absolute atomic E-state index is 0.183. The highest BCUT2D eigenvalue weighted by Crippen LogP contribution is 2.43. The molecule has 2 N–H and O–H groups in total. The summed E-state index contributed by atoms with van der Waals surface area (Å²) in [4.78, 5) is 6.26. The lowest BCUT2D eigenvalue weighted by Gasteiger charge is -2.38. The molecule has 2 aromatic rings. The van der Waals surface area contributed by atoms with Crippen LogP contribution in [0.25, 0.3) is 0 Å². The van der Waals surface area contributed by atoms with Crippen molar-refractivity contribution in [2.24, 2.45) is 5.92 Å². The van der Waals surface area contributed by atoms with E-state index in [9.17, 15) is 9.50 Å². The maximum absolute atomic E-state index is 13.8. The summed E-state index contributed by atoms with van der Waals surface area (Å²) in [6.07, 6.45) is 1.03. The number of nitrogens with one attached hydrogen (secondary N) is 1. The molecular weight excluding hydrogens is 331 g/mol. The van der Waals surface area contributed by atoms with Gasteiger partial charge in [0.25, 0.3) is 0 Å². The smallest absolute Gasteiger partial charge is 0.238 e. The molecular formula is C16H21FN4O2S. The lowest BCUT2D eigenvalue weighted by atomic mass is 9.75. The molecule has 0 bridgehead atoms. The molecule has 0 radical (unpaired) electrons. The number of benzene rings is 1. The van der Waals surface area contributed by atoms with Crippen molar-refractivity contribution < 1.29 is 14.2 Å². The highest BCUT2D eigenvalue weighted by molar-refractivity contribution is 7.09. The minimum atomic E-state index is -0.316. The molecule has 0 unspecified atom stereocenters. The number of rotatable bonds is 6. The van der Waals surface area contributed by atoms with Crippen LogP contribution in [0.2, 0.25) is 0 Å². The highest BCUT2D eigenvalue weighted by atomic mass is 32.1. The van der Waals surface area contributed by atoms with E-state index in [2.05, 4.69) is 14.7 Å². The van der Waals surface area contributed by atoms with Crippen LogP contribution in [0.1, 0.15) is 24.4 Å². The van der Waals surface area contributed by atoms with Crippen molar-refractivity contribution in [3.05, 3.63) is 29.6 Å². The maximum atomic E-state index is 13.8. The molecule has 1 fully saturated rings. The Balaban J connectivity index is 1.90. The summed E-state index contributed by atoms with van der Waals surface area (Å²) in [7, 11) is 5.32. The van der Waals surface area contributed by atoms with Crippen molar-refractivity contribution >= 4 is 22.6 Å². The van der Waals surface area contributed by atoms with E-state index in [1.807, 2.05) is 19.0 Å². The Labute approximate surface area is 144 Å². The van der Waals surface area contributed by atoms with Gasteiger partial charge in [-0.3, -0.25) is 0 Å². The molecule has 1 atom stereocenters. The first-order valence-electron chi connectivity index (χ1n) is 7.77. The Morgan fingerprint density at radius 2 is 2.17 bits per heavy atom. The maximum Gasteiger partial charge on any atom is 0.238 e. The molecule has 1 aromatic heterocycles. The monoisotopic (exact) mass is 352 g/mol. The van der Waals surface area contributed by atoms with Crippen LogP contribution in [-0.2, 0) is 0 Å². The molecule has 6 nitrogen and oxygen atoms in total. The standard InChI is InChI=1S/C16H21FN4O2S/c1-21(2)15-19-16(24-20-15)18-14(9-6-11(22)7-9)12-8-10(17)4-5-13(12)23-3/h4-5,8-9,11,14,22H,6-7H2,1-3H3,(H,18,19,20)/t9?,11?,14-/m1/s1. The van der Waals surface area contributed by atoms with Gasteiger partial charge in [-0.15, -0.1) is 0 Å². The van der Waals surface area contributed by atoms with E-state index in [0.717, 1.165) is 5.56 Å². The number of hydrogen-bond acceptors (Lipinski definition) is 7. The zero-order chi connectivity index (χ0) is 17.3. The summed E-state index contributed by atoms with van der Waals surface area (Å²) in [6.45, 7) is 0. The van der Waals surface area contributed by atoms with E-state index >= 15 is 0 Å². The topological polar surface area (TPSA) is 70.5 Å². The van der Waals surface area contributed by atoms with Gasteiger partial charge in [0, 0.05) is 31.2 Å². The Hall–Kier alpha value is -1.93. The number of hydrogen-bond donors (Lipinski definition) is 2. The number of halogens is 1. The third-order valence-electron chi connectivity index (χ3n) is 4.24. The van der Waals surface area contributed by atoms with Crippen LogP contribution in [0, 0.1) is 11.7 Å².